The van der Waals surface area contributed by atoms with Gasteiger partial charge in [-0.3, -0.25) is 4.79 Å². The van der Waals surface area contributed by atoms with Crippen molar-refractivity contribution < 1.29 is 9.18 Å². The number of nitrogens with zero attached hydrogens (tertiary/aromatic N) is 1. The highest BCUT2D eigenvalue weighted by Crippen LogP contribution is 2.24. The summed E-state index contributed by atoms with van der Waals surface area (Å²) in [6.07, 6.45) is 1.66. The van der Waals surface area contributed by atoms with Gasteiger partial charge in [-0.2, -0.15) is 0 Å². The third kappa shape index (κ3) is 3.19. The van der Waals surface area contributed by atoms with Crippen LogP contribution in [0.4, 0.5) is 4.39 Å². The average molecular weight is 314 g/mol. The van der Waals surface area contributed by atoms with Crippen LogP contribution < -0.4 is 0 Å². The maximum atomic E-state index is 13.4. The number of hydrogen-bond donors (Lipinski definition) is 0. The lowest BCUT2D eigenvalue weighted by atomic mass is 10.0. The van der Waals surface area contributed by atoms with Gasteiger partial charge in [-0.1, -0.05) is 12.1 Å². The minimum atomic E-state index is -0.437. The van der Waals surface area contributed by atoms with E-state index in [-0.39, 0.29) is 15.9 Å². The van der Waals surface area contributed by atoms with E-state index in [1.807, 2.05) is 20.8 Å². The Balaban J connectivity index is 3.18. The fourth-order valence-corrected chi connectivity index (χ4v) is 2.04. The first-order valence-electron chi connectivity index (χ1n) is 5.66. The SMILES string of the molecule is C=CCN(C(=O)c1cccc(F)c1Br)C(C)(C)C. The fraction of sp³-hybridized carbons (Fsp3) is 0.357. The van der Waals surface area contributed by atoms with Crippen molar-refractivity contribution in [2.75, 3.05) is 6.54 Å². The van der Waals surface area contributed by atoms with Gasteiger partial charge >= 0.3 is 0 Å². The Morgan fingerprint density at radius 1 is 1.50 bits per heavy atom. The van der Waals surface area contributed by atoms with E-state index in [1.54, 1.807) is 17.0 Å². The van der Waals surface area contributed by atoms with Crippen LogP contribution in [0.15, 0.2) is 35.3 Å². The van der Waals surface area contributed by atoms with Gasteiger partial charge in [-0.15, -0.1) is 6.58 Å². The lowest BCUT2D eigenvalue weighted by Gasteiger charge is -2.35. The number of carbonyl (C=O) groups excluding carboxylic acids is 1. The maximum Gasteiger partial charge on any atom is 0.255 e. The Morgan fingerprint density at radius 3 is 2.61 bits per heavy atom. The summed E-state index contributed by atoms with van der Waals surface area (Å²) in [5.41, 5.74) is -0.0245. The van der Waals surface area contributed by atoms with Gasteiger partial charge in [0.15, 0.2) is 0 Å². The van der Waals surface area contributed by atoms with Gasteiger partial charge in [0.25, 0.3) is 5.91 Å². The van der Waals surface area contributed by atoms with Crippen molar-refractivity contribution >= 4 is 21.8 Å². The van der Waals surface area contributed by atoms with Crippen LogP contribution in [0.1, 0.15) is 31.1 Å². The summed E-state index contributed by atoms with van der Waals surface area (Å²) >= 11 is 3.12. The molecule has 1 aromatic carbocycles. The molecule has 98 valence electrons. The molecular formula is C14H17BrFNO. The summed E-state index contributed by atoms with van der Waals surface area (Å²) in [5, 5.41) is 0. The molecule has 18 heavy (non-hydrogen) atoms. The van der Waals surface area contributed by atoms with Gasteiger partial charge < -0.3 is 4.90 Å². The summed E-state index contributed by atoms with van der Waals surface area (Å²) in [6, 6.07) is 4.45. The molecule has 0 saturated carbocycles. The maximum absolute atomic E-state index is 13.4. The molecule has 0 unspecified atom stereocenters. The zero-order valence-electron chi connectivity index (χ0n) is 10.8. The molecule has 0 saturated heterocycles. The molecule has 0 bridgehead atoms. The highest BCUT2D eigenvalue weighted by Gasteiger charge is 2.27. The molecule has 0 radical (unpaired) electrons. The van der Waals surface area contributed by atoms with Crippen LogP contribution >= 0.6 is 15.9 Å². The van der Waals surface area contributed by atoms with Crippen molar-refractivity contribution in [3.63, 3.8) is 0 Å². The second-order valence-electron chi connectivity index (χ2n) is 4.98. The van der Waals surface area contributed by atoms with Crippen molar-refractivity contribution in [2.45, 2.75) is 26.3 Å². The van der Waals surface area contributed by atoms with Crippen molar-refractivity contribution in [1.82, 2.24) is 4.90 Å². The average Bonchev–Trinajstić information content (AvgIpc) is 2.27. The lowest BCUT2D eigenvalue weighted by molar-refractivity contribution is 0.0615. The van der Waals surface area contributed by atoms with Crippen LogP contribution in [0.2, 0.25) is 0 Å². The van der Waals surface area contributed by atoms with E-state index in [4.69, 9.17) is 0 Å². The predicted molar refractivity (Wildman–Crippen MR) is 75.1 cm³/mol. The molecule has 1 amide bonds. The number of amides is 1. The molecular weight excluding hydrogens is 297 g/mol. The largest absolute Gasteiger partial charge is 0.330 e. The summed E-state index contributed by atoms with van der Waals surface area (Å²) < 4.78 is 13.6. The third-order valence-corrected chi connectivity index (χ3v) is 3.35. The van der Waals surface area contributed by atoms with Gasteiger partial charge in [-0.05, 0) is 48.8 Å². The van der Waals surface area contributed by atoms with Crippen molar-refractivity contribution in [3.8, 4) is 0 Å². The molecule has 0 heterocycles. The monoisotopic (exact) mass is 313 g/mol. The highest BCUT2D eigenvalue weighted by atomic mass is 79.9. The van der Waals surface area contributed by atoms with Gasteiger partial charge in [0.05, 0.1) is 10.0 Å². The normalized spacial score (nSPS) is 11.2. The molecule has 0 spiro atoms. The van der Waals surface area contributed by atoms with Crippen molar-refractivity contribution in [2.24, 2.45) is 0 Å². The lowest BCUT2D eigenvalue weighted by Crippen LogP contribution is -2.45. The Morgan fingerprint density at radius 2 is 2.11 bits per heavy atom. The van der Waals surface area contributed by atoms with Crippen LogP contribution in [0.3, 0.4) is 0 Å². The van der Waals surface area contributed by atoms with Crippen LogP contribution in [0.25, 0.3) is 0 Å². The molecule has 4 heteroatoms. The molecule has 1 aromatic rings. The number of rotatable bonds is 3. The zero-order valence-corrected chi connectivity index (χ0v) is 12.4. The van der Waals surface area contributed by atoms with E-state index < -0.39 is 5.82 Å². The van der Waals surface area contributed by atoms with Crippen LogP contribution in [-0.4, -0.2) is 22.9 Å². The van der Waals surface area contributed by atoms with Gasteiger partial charge in [0, 0.05) is 12.1 Å². The van der Waals surface area contributed by atoms with Crippen LogP contribution in [0.5, 0.6) is 0 Å². The van der Waals surface area contributed by atoms with E-state index in [0.29, 0.717) is 12.1 Å². The summed E-state index contributed by atoms with van der Waals surface area (Å²) in [7, 11) is 0. The summed E-state index contributed by atoms with van der Waals surface area (Å²) in [5.74, 6) is -0.651. The molecule has 0 aliphatic rings. The quantitative estimate of drug-likeness (QED) is 0.772. The van der Waals surface area contributed by atoms with Crippen molar-refractivity contribution in [3.05, 3.63) is 46.7 Å². The molecule has 0 fully saturated rings. The smallest absolute Gasteiger partial charge is 0.255 e. The fourth-order valence-electron chi connectivity index (χ4n) is 1.60. The molecule has 0 aliphatic carbocycles. The molecule has 0 atom stereocenters. The third-order valence-electron chi connectivity index (χ3n) is 2.55. The minimum absolute atomic E-state index is 0.202. The van der Waals surface area contributed by atoms with E-state index in [1.165, 1.54) is 12.1 Å². The Labute approximate surface area is 116 Å². The molecule has 1 rings (SSSR count). The zero-order chi connectivity index (χ0) is 13.9. The first kappa shape index (κ1) is 14.9. The second-order valence-corrected chi connectivity index (χ2v) is 5.77. The molecule has 0 aromatic heterocycles. The topological polar surface area (TPSA) is 20.3 Å². The van der Waals surface area contributed by atoms with E-state index in [2.05, 4.69) is 22.5 Å². The second kappa shape index (κ2) is 5.65. The number of benzene rings is 1. The first-order chi connectivity index (χ1) is 8.29. The Bertz CT molecular complexity index is 465. The number of halogens is 2. The Hall–Kier alpha value is -1.16. The summed E-state index contributed by atoms with van der Waals surface area (Å²) in [4.78, 5) is 14.1. The highest BCUT2D eigenvalue weighted by molar-refractivity contribution is 9.10. The predicted octanol–water partition coefficient (Wildman–Crippen LogP) is 4.01. The van der Waals surface area contributed by atoms with Crippen LogP contribution in [0, 0.1) is 5.82 Å². The Kier molecular flexibility index (Phi) is 4.68. The molecule has 2 nitrogen and oxygen atoms in total. The summed E-state index contributed by atoms with van der Waals surface area (Å²) in [6.45, 7) is 9.87. The van der Waals surface area contributed by atoms with Crippen molar-refractivity contribution in [1.29, 1.82) is 0 Å². The van der Waals surface area contributed by atoms with Gasteiger partial charge in [-0.25, -0.2) is 4.39 Å². The standard InChI is InChI=1S/C14H17BrFNO/c1-5-9-17(14(2,3)4)13(18)10-7-6-8-11(16)12(10)15/h5-8H,1,9H2,2-4H3. The van der Waals surface area contributed by atoms with E-state index in [0.717, 1.165) is 0 Å². The number of hydrogen-bond acceptors (Lipinski definition) is 1. The van der Waals surface area contributed by atoms with Crippen LogP contribution in [-0.2, 0) is 0 Å². The van der Waals surface area contributed by atoms with Gasteiger partial charge in [0.2, 0.25) is 0 Å². The van der Waals surface area contributed by atoms with E-state index >= 15 is 0 Å². The minimum Gasteiger partial charge on any atom is -0.330 e. The molecule has 0 N–H and O–H groups in total. The first-order valence-corrected chi connectivity index (χ1v) is 6.45. The van der Waals surface area contributed by atoms with Gasteiger partial charge in [0.1, 0.15) is 5.82 Å². The molecule has 0 aliphatic heterocycles. The van der Waals surface area contributed by atoms with E-state index in [9.17, 15) is 9.18 Å². The number of carbonyl (C=O) groups is 1.